The lowest BCUT2D eigenvalue weighted by atomic mass is 10.1. The number of aliphatic hydroxyl groups excluding tert-OH is 1. The van der Waals surface area contributed by atoms with Crippen molar-refractivity contribution in [2.45, 2.75) is 13.2 Å². The summed E-state index contributed by atoms with van der Waals surface area (Å²) in [4.78, 5) is 23.4. The van der Waals surface area contributed by atoms with E-state index < -0.39 is 12.0 Å². The van der Waals surface area contributed by atoms with E-state index in [-0.39, 0.29) is 16.6 Å². The lowest BCUT2D eigenvalue weighted by Gasteiger charge is -2.15. The van der Waals surface area contributed by atoms with Gasteiger partial charge >= 0.3 is 0 Å². The minimum Gasteiger partial charge on any atom is -0.369 e. The molecule has 0 bridgehead atoms. The van der Waals surface area contributed by atoms with Crippen LogP contribution in [0.3, 0.4) is 0 Å². The first-order valence-electron chi connectivity index (χ1n) is 12.4. The maximum absolute atomic E-state index is 16.1. The highest BCUT2D eigenvalue weighted by atomic mass is 32.1. The third-order valence-electron chi connectivity index (χ3n) is 6.60. The Bertz CT molecular complexity index is 2000. The third kappa shape index (κ3) is 4.17. The fourth-order valence-electron chi connectivity index (χ4n) is 4.66. The summed E-state index contributed by atoms with van der Waals surface area (Å²) in [5.41, 5.74) is 4.80. The number of nitrogens with one attached hydrogen (secondary N) is 3. The molecule has 6 heterocycles. The zero-order chi connectivity index (χ0) is 27.2. The fraction of sp³-hybridized carbons (Fsp3) is 0.0690. The molecule has 0 saturated heterocycles. The van der Waals surface area contributed by atoms with Crippen LogP contribution in [0.1, 0.15) is 16.7 Å². The minimum atomic E-state index is -0.949. The van der Waals surface area contributed by atoms with Crippen LogP contribution in [0, 0.1) is 12.7 Å². The van der Waals surface area contributed by atoms with E-state index >= 15 is 4.39 Å². The largest absolute Gasteiger partial charge is 0.369 e. The van der Waals surface area contributed by atoms with Gasteiger partial charge in [-0.25, -0.2) is 14.4 Å². The van der Waals surface area contributed by atoms with Crippen molar-refractivity contribution in [1.82, 2.24) is 35.1 Å². The molecule has 1 atom stereocenters. The topological polar surface area (TPSA) is 128 Å². The number of H-pyrrole nitrogens is 2. The number of imidazole rings is 1. The highest BCUT2D eigenvalue weighted by molar-refractivity contribution is 7.15. The van der Waals surface area contributed by atoms with Crippen LogP contribution in [-0.4, -0.2) is 40.2 Å². The Hall–Kier alpha value is -5.00. The van der Waals surface area contributed by atoms with E-state index in [1.807, 2.05) is 55.5 Å². The maximum atomic E-state index is 16.1. The number of rotatable bonds is 6. The van der Waals surface area contributed by atoms with Crippen LogP contribution in [0.15, 0.2) is 79.4 Å². The van der Waals surface area contributed by atoms with E-state index in [1.165, 1.54) is 11.1 Å². The zero-order valence-corrected chi connectivity index (χ0v) is 21.9. The molecule has 0 aliphatic carbocycles. The number of fused-ring (bicyclic) bond motifs is 2. The first-order valence-corrected chi connectivity index (χ1v) is 13.3. The van der Waals surface area contributed by atoms with E-state index in [4.69, 9.17) is 4.98 Å². The molecule has 1 aromatic carbocycles. The van der Waals surface area contributed by atoms with E-state index in [0.29, 0.717) is 33.8 Å². The lowest BCUT2D eigenvalue weighted by molar-refractivity contribution is 0.208. The van der Waals surface area contributed by atoms with Crippen LogP contribution in [-0.2, 0) is 0 Å². The van der Waals surface area contributed by atoms with Crippen LogP contribution in [0.2, 0.25) is 0 Å². The Labute approximate surface area is 230 Å². The Morgan fingerprint density at radius 3 is 2.73 bits per heavy atom. The Morgan fingerprint density at radius 2 is 1.90 bits per heavy atom. The molecular weight excluding hydrogens is 527 g/mol. The molecule has 6 aromatic heterocycles. The van der Waals surface area contributed by atoms with Crippen LogP contribution < -0.4 is 5.32 Å². The molecule has 4 N–H and O–H groups in total. The summed E-state index contributed by atoms with van der Waals surface area (Å²) in [6, 6.07) is 16.8. The van der Waals surface area contributed by atoms with Gasteiger partial charge in [0.2, 0.25) is 0 Å². The van der Waals surface area contributed by atoms with E-state index in [1.54, 1.807) is 36.0 Å². The van der Waals surface area contributed by atoms with Gasteiger partial charge in [-0.1, -0.05) is 30.3 Å². The monoisotopic (exact) mass is 548 g/mol. The van der Waals surface area contributed by atoms with Crippen molar-refractivity contribution in [3.05, 3.63) is 95.6 Å². The highest BCUT2D eigenvalue weighted by Crippen LogP contribution is 2.35. The third-order valence-corrected chi connectivity index (χ3v) is 7.61. The number of nitrogens with zero attached hydrogens (tertiary/aromatic N) is 5. The molecule has 40 heavy (non-hydrogen) atoms. The minimum absolute atomic E-state index is 0.209. The number of pyridine rings is 3. The van der Waals surface area contributed by atoms with Crippen molar-refractivity contribution in [3.63, 3.8) is 0 Å². The van der Waals surface area contributed by atoms with Gasteiger partial charge < -0.3 is 15.4 Å². The van der Waals surface area contributed by atoms with Gasteiger partial charge in [0.1, 0.15) is 22.7 Å². The second-order valence-electron chi connectivity index (χ2n) is 9.25. The van der Waals surface area contributed by atoms with Crippen molar-refractivity contribution in [2.24, 2.45) is 0 Å². The Morgan fingerprint density at radius 1 is 1.02 bits per heavy atom. The number of hydrogen-bond donors (Lipinski definition) is 4. The van der Waals surface area contributed by atoms with Crippen molar-refractivity contribution in [2.75, 3.05) is 5.32 Å². The van der Waals surface area contributed by atoms with Crippen molar-refractivity contribution in [3.8, 4) is 33.2 Å². The molecule has 196 valence electrons. The number of hydrogen-bond acceptors (Lipinski definition) is 8. The van der Waals surface area contributed by atoms with Crippen LogP contribution in [0.4, 0.5) is 10.1 Å². The number of aliphatic hydroxyl groups is 1. The standard InChI is InChI=1S/C29H21FN8OS/c1-15-7-8-21(40-15)25-24-20(9-10-32-25)35-28(36-24)26-22-23(30)19(14-33-27(22)38-37-26)17-11-18(13-31-12-17)34-29(39)16-5-3-2-4-6-16/h2-14,29,34,39H,1H3,(H,35,36)(H,33,37,38). The van der Waals surface area contributed by atoms with Crippen molar-refractivity contribution >= 4 is 39.1 Å². The number of aromatic amines is 2. The first-order chi connectivity index (χ1) is 19.5. The molecule has 0 aliphatic rings. The SMILES string of the molecule is Cc1ccc(-c2nccc3[nH]c(-c4[nH]nc5ncc(-c6cncc(NC(O)c7ccccc7)c6)c(F)c45)nc23)s1. The van der Waals surface area contributed by atoms with Crippen LogP contribution in [0.25, 0.3) is 55.3 Å². The molecule has 11 heteroatoms. The Balaban J connectivity index is 1.28. The molecule has 9 nitrogen and oxygen atoms in total. The number of aromatic nitrogens is 7. The number of aryl methyl sites for hydroxylation is 1. The predicted octanol–water partition coefficient (Wildman–Crippen LogP) is 6.24. The van der Waals surface area contributed by atoms with Crippen LogP contribution >= 0.6 is 11.3 Å². The summed E-state index contributed by atoms with van der Waals surface area (Å²) in [6.07, 6.45) is 5.32. The maximum Gasteiger partial charge on any atom is 0.184 e. The first kappa shape index (κ1) is 24.1. The van der Waals surface area contributed by atoms with Gasteiger partial charge in [-0.05, 0) is 31.2 Å². The van der Waals surface area contributed by atoms with Crippen molar-refractivity contribution in [1.29, 1.82) is 0 Å². The van der Waals surface area contributed by atoms with E-state index in [2.05, 4.69) is 35.5 Å². The number of anilines is 1. The molecule has 1 unspecified atom stereocenters. The van der Waals surface area contributed by atoms with Gasteiger partial charge in [-0.2, -0.15) is 5.10 Å². The van der Waals surface area contributed by atoms with Gasteiger partial charge in [0, 0.05) is 40.2 Å². The molecule has 0 saturated carbocycles. The van der Waals surface area contributed by atoms with E-state index in [9.17, 15) is 5.11 Å². The summed E-state index contributed by atoms with van der Waals surface area (Å²) < 4.78 is 16.1. The summed E-state index contributed by atoms with van der Waals surface area (Å²) >= 11 is 1.64. The normalized spacial score (nSPS) is 12.3. The molecule has 0 fully saturated rings. The molecule has 0 aliphatic heterocycles. The average Bonchev–Trinajstić information content (AvgIpc) is 3.72. The quantitative estimate of drug-likeness (QED) is 0.181. The fourth-order valence-corrected chi connectivity index (χ4v) is 5.53. The predicted molar refractivity (Wildman–Crippen MR) is 153 cm³/mol. The molecule has 0 amide bonds. The molecule has 0 radical (unpaired) electrons. The average molecular weight is 549 g/mol. The summed E-state index contributed by atoms with van der Waals surface area (Å²) in [6.45, 7) is 2.04. The number of halogens is 1. The number of benzene rings is 1. The second-order valence-corrected chi connectivity index (χ2v) is 10.5. The lowest BCUT2D eigenvalue weighted by Crippen LogP contribution is -2.09. The van der Waals surface area contributed by atoms with Gasteiger partial charge in [0.25, 0.3) is 0 Å². The zero-order valence-electron chi connectivity index (χ0n) is 21.1. The smallest absolute Gasteiger partial charge is 0.184 e. The molecule has 7 aromatic rings. The summed E-state index contributed by atoms with van der Waals surface area (Å²) in [7, 11) is 0. The van der Waals surface area contributed by atoms with Gasteiger partial charge in [-0.15, -0.1) is 11.3 Å². The van der Waals surface area contributed by atoms with Gasteiger partial charge in [-0.3, -0.25) is 15.1 Å². The molecular formula is C29H21FN8OS. The van der Waals surface area contributed by atoms with E-state index in [0.717, 1.165) is 16.1 Å². The second kappa shape index (κ2) is 9.63. The van der Waals surface area contributed by atoms with Gasteiger partial charge in [0.05, 0.1) is 27.7 Å². The molecule has 7 rings (SSSR count). The van der Waals surface area contributed by atoms with Crippen LogP contribution in [0.5, 0.6) is 0 Å². The molecule has 0 spiro atoms. The van der Waals surface area contributed by atoms with Gasteiger partial charge in [0.15, 0.2) is 17.7 Å². The summed E-state index contributed by atoms with van der Waals surface area (Å²) in [5.74, 6) is -0.0820. The highest BCUT2D eigenvalue weighted by Gasteiger charge is 2.21. The van der Waals surface area contributed by atoms with Crippen molar-refractivity contribution < 1.29 is 9.50 Å². The Kier molecular flexibility index (Phi) is 5.80. The summed E-state index contributed by atoms with van der Waals surface area (Å²) in [5, 5.41) is 20.9. The number of thiophene rings is 1.